The number of carbonyl (C=O) groups excluding carboxylic acids is 1. The highest BCUT2D eigenvalue weighted by molar-refractivity contribution is 5.77. The van der Waals surface area contributed by atoms with E-state index in [2.05, 4.69) is 44.5 Å². The lowest BCUT2D eigenvalue weighted by Gasteiger charge is -2.28. The molecule has 0 unspecified atom stereocenters. The summed E-state index contributed by atoms with van der Waals surface area (Å²) in [6.45, 7) is 5.59. The number of carbonyl (C=O) groups is 1. The van der Waals surface area contributed by atoms with Gasteiger partial charge in [0.25, 0.3) is 0 Å². The zero-order valence-electron chi connectivity index (χ0n) is 18.9. The molecule has 1 N–H and O–H groups in total. The Hall–Kier alpha value is -3.45. The van der Waals surface area contributed by atoms with Crippen molar-refractivity contribution in [2.45, 2.75) is 19.3 Å². The molecular formula is C26H30N4O3. The summed E-state index contributed by atoms with van der Waals surface area (Å²) in [5.41, 5.74) is 2.25. The van der Waals surface area contributed by atoms with Gasteiger partial charge in [-0.05, 0) is 18.1 Å². The molecule has 1 aromatic heterocycles. The van der Waals surface area contributed by atoms with Crippen molar-refractivity contribution in [3.8, 4) is 5.88 Å². The van der Waals surface area contributed by atoms with Crippen LogP contribution in [0, 0.1) is 6.92 Å². The Morgan fingerprint density at radius 3 is 2.30 bits per heavy atom. The Morgan fingerprint density at radius 1 is 1.03 bits per heavy atom. The minimum absolute atomic E-state index is 0.00825. The number of rotatable bonds is 9. The largest absolute Gasteiger partial charge is 0.476 e. The van der Waals surface area contributed by atoms with Gasteiger partial charge >= 0.3 is 0 Å². The number of amides is 1. The van der Waals surface area contributed by atoms with Crippen LogP contribution in [0.25, 0.3) is 0 Å². The second kappa shape index (κ2) is 11.4. The minimum Gasteiger partial charge on any atom is -0.476 e. The lowest BCUT2D eigenvalue weighted by molar-refractivity contribution is -0.121. The van der Waals surface area contributed by atoms with Crippen LogP contribution in [-0.4, -0.2) is 55.3 Å². The Morgan fingerprint density at radius 2 is 1.67 bits per heavy atom. The molecule has 3 aromatic rings. The maximum Gasteiger partial charge on any atom is 0.221 e. The molecule has 0 bridgehead atoms. The van der Waals surface area contributed by atoms with Crippen LogP contribution in [0.4, 0.5) is 5.82 Å². The number of hydrogen-bond acceptors (Lipinski definition) is 6. The van der Waals surface area contributed by atoms with E-state index in [-0.39, 0.29) is 11.8 Å². The van der Waals surface area contributed by atoms with Gasteiger partial charge in [-0.15, -0.1) is 0 Å². The fourth-order valence-corrected chi connectivity index (χ4v) is 3.96. The molecule has 1 amide bonds. The summed E-state index contributed by atoms with van der Waals surface area (Å²) in [5, 5.41) is 2.98. The average molecular weight is 447 g/mol. The molecule has 1 saturated heterocycles. The quantitative estimate of drug-likeness (QED) is 0.508. The molecule has 2 heterocycles. The molecule has 2 aromatic carbocycles. The Bertz CT molecular complexity index is 985. The van der Waals surface area contributed by atoms with E-state index in [0.29, 0.717) is 44.5 Å². The molecule has 0 atom stereocenters. The van der Waals surface area contributed by atoms with Crippen LogP contribution in [0.3, 0.4) is 0 Å². The van der Waals surface area contributed by atoms with Crippen molar-refractivity contribution in [3.63, 3.8) is 0 Å². The maximum atomic E-state index is 12.7. The van der Waals surface area contributed by atoms with Gasteiger partial charge in [0.2, 0.25) is 11.8 Å². The van der Waals surface area contributed by atoms with E-state index in [9.17, 15) is 4.79 Å². The van der Waals surface area contributed by atoms with E-state index in [1.54, 1.807) is 0 Å². The Labute approximate surface area is 194 Å². The molecule has 0 aliphatic carbocycles. The second-order valence-electron chi connectivity index (χ2n) is 7.99. The summed E-state index contributed by atoms with van der Waals surface area (Å²) in [7, 11) is 0. The number of aryl methyl sites for hydroxylation is 1. The monoisotopic (exact) mass is 446 g/mol. The summed E-state index contributed by atoms with van der Waals surface area (Å²) in [6.07, 6.45) is 0.377. The Balaban J connectivity index is 1.30. The zero-order valence-corrected chi connectivity index (χ0v) is 18.9. The van der Waals surface area contributed by atoms with Crippen molar-refractivity contribution >= 4 is 11.7 Å². The summed E-state index contributed by atoms with van der Waals surface area (Å²) >= 11 is 0. The molecule has 0 radical (unpaired) electrons. The van der Waals surface area contributed by atoms with Crippen molar-refractivity contribution in [3.05, 3.63) is 83.7 Å². The highest BCUT2D eigenvalue weighted by Gasteiger charge is 2.18. The molecule has 7 heteroatoms. The predicted molar refractivity (Wildman–Crippen MR) is 128 cm³/mol. The van der Waals surface area contributed by atoms with Gasteiger partial charge in [-0.25, -0.2) is 4.98 Å². The molecule has 33 heavy (non-hydrogen) atoms. The van der Waals surface area contributed by atoms with Crippen molar-refractivity contribution < 1.29 is 14.3 Å². The predicted octanol–water partition coefficient (Wildman–Crippen LogP) is 3.34. The Kier molecular flexibility index (Phi) is 7.87. The number of benzene rings is 2. The molecule has 4 rings (SSSR count). The number of ether oxygens (including phenoxy) is 2. The molecule has 172 valence electrons. The van der Waals surface area contributed by atoms with Gasteiger partial charge in [0.05, 0.1) is 19.8 Å². The fourth-order valence-electron chi connectivity index (χ4n) is 3.96. The van der Waals surface area contributed by atoms with Crippen LogP contribution in [0.15, 0.2) is 66.7 Å². The maximum absolute atomic E-state index is 12.7. The third kappa shape index (κ3) is 6.52. The van der Waals surface area contributed by atoms with Crippen LogP contribution in [0.2, 0.25) is 0 Å². The summed E-state index contributed by atoms with van der Waals surface area (Å²) < 4.78 is 11.2. The standard InChI is InChI=1S/C26H30N4O3/c1-20-28-24(30-13-16-32-17-14-30)19-26(29-20)33-15-12-27-25(31)18-23(21-8-4-2-5-9-21)22-10-6-3-7-11-22/h2-11,19,23H,12-18H2,1H3,(H,27,31). The molecule has 7 nitrogen and oxygen atoms in total. The highest BCUT2D eigenvalue weighted by atomic mass is 16.5. The van der Waals surface area contributed by atoms with E-state index in [0.717, 1.165) is 30.0 Å². The molecule has 0 saturated carbocycles. The highest BCUT2D eigenvalue weighted by Crippen LogP contribution is 2.27. The number of aromatic nitrogens is 2. The summed E-state index contributed by atoms with van der Waals surface area (Å²) in [6, 6.07) is 22.1. The fraction of sp³-hybridized carbons (Fsp3) is 0.346. The molecule has 1 aliphatic rings. The van der Waals surface area contributed by atoms with Crippen LogP contribution in [-0.2, 0) is 9.53 Å². The van der Waals surface area contributed by atoms with Crippen LogP contribution < -0.4 is 15.0 Å². The van der Waals surface area contributed by atoms with Gasteiger partial charge in [-0.2, -0.15) is 4.98 Å². The first-order valence-electron chi connectivity index (χ1n) is 11.4. The normalized spacial score (nSPS) is 13.7. The second-order valence-corrected chi connectivity index (χ2v) is 7.99. The number of hydrogen-bond donors (Lipinski definition) is 1. The van der Waals surface area contributed by atoms with Gasteiger partial charge < -0.3 is 19.7 Å². The minimum atomic E-state index is -0.0100. The van der Waals surface area contributed by atoms with E-state index >= 15 is 0 Å². The lowest BCUT2D eigenvalue weighted by Crippen LogP contribution is -2.37. The number of nitrogens with one attached hydrogen (secondary N) is 1. The first kappa shape index (κ1) is 22.7. The average Bonchev–Trinajstić information content (AvgIpc) is 2.86. The third-order valence-electron chi connectivity index (χ3n) is 5.60. The van der Waals surface area contributed by atoms with E-state index in [1.807, 2.05) is 49.4 Å². The van der Waals surface area contributed by atoms with Crippen LogP contribution in [0.5, 0.6) is 5.88 Å². The number of nitrogens with zero attached hydrogens (tertiary/aromatic N) is 3. The van der Waals surface area contributed by atoms with Crippen molar-refractivity contribution in [1.29, 1.82) is 0 Å². The van der Waals surface area contributed by atoms with Gasteiger partial charge in [0.15, 0.2) is 0 Å². The molecule has 1 aliphatic heterocycles. The van der Waals surface area contributed by atoms with E-state index < -0.39 is 0 Å². The number of anilines is 1. The SMILES string of the molecule is Cc1nc(OCCNC(=O)CC(c2ccccc2)c2ccccc2)cc(N2CCOCC2)n1. The summed E-state index contributed by atoms with van der Waals surface area (Å²) in [4.78, 5) is 23.8. The van der Waals surface area contributed by atoms with Crippen LogP contribution >= 0.6 is 0 Å². The molecule has 0 spiro atoms. The third-order valence-corrected chi connectivity index (χ3v) is 5.60. The van der Waals surface area contributed by atoms with Crippen LogP contribution in [0.1, 0.15) is 29.3 Å². The topological polar surface area (TPSA) is 76.6 Å². The van der Waals surface area contributed by atoms with E-state index in [4.69, 9.17) is 9.47 Å². The van der Waals surface area contributed by atoms with Gasteiger partial charge in [-0.3, -0.25) is 4.79 Å². The van der Waals surface area contributed by atoms with Gasteiger partial charge in [0, 0.05) is 31.5 Å². The van der Waals surface area contributed by atoms with Crippen molar-refractivity contribution in [2.24, 2.45) is 0 Å². The van der Waals surface area contributed by atoms with Crippen molar-refractivity contribution in [1.82, 2.24) is 15.3 Å². The summed E-state index contributed by atoms with van der Waals surface area (Å²) in [5.74, 6) is 2.02. The van der Waals surface area contributed by atoms with Gasteiger partial charge in [0.1, 0.15) is 18.2 Å². The molecule has 1 fully saturated rings. The van der Waals surface area contributed by atoms with Gasteiger partial charge in [-0.1, -0.05) is 60.7 Å². The first-order chi connectivity index (χ1) is 16.2. The number of morpholine rings is 1. The lowest BCUT2D eigenvalue weighted by atomic mass is 9.88. The first-order valence-corrected chi connectivity index (χ1v) is 11.4. The van der Waals surface area contributed by atoms with Crippen molar-refractivity contribution in [2.75, 3.05) is 44.4 Å². The molecular weight excluding hydrogens is 416 g/mol. The zero-order chi connectivity index (χ0) is 22.9. The van der Waals surface area contributed by atoms with E-state index in [1.165, 1.54) is 0 Å². The smallest absolute Gasteiger partial charge is 0.221 e.